The van der Waals surface area contributed by atoms with Gasteiger partial charge in [-0.2, -0.15) is 0 Å². The topological polar surface area (TPSA) is 54.4 Å². The monoisotopic (exact) mass is 354 g/mol. The van der Waals surface area contributed by atoms with E-state index in [0.29, 0.717) is 15.6 Å². The van der Waals surface area contributed by atoms with Crippen LogP contribution in [0.1, 0.15) is 16.8 Å². The summed E-state index contributed by atoms with van der Waals surface area (Å²) in [7, 11) is 0. The summed E-state index contributed by atoms with van der Waals surface area (Å²) < 4.78 is 0. The minimum atomic E-state index is -1.03. The Morgan fingerprint density at radius 3 is 1.95 bits per heavy atom. The number of thioether (sulfide) groups is 1. The second-order valence-electron chi connectivity index (χ2n) is 4.53. The number of ketones is 1. The lowest BCUT2D eigenvalue weighted by Gasteiger charge is -2.11. The van der Waals surface area contributed by atoms with Gasteiger partial charge < -0.3 is 5.11 Å². The minimum absolute atomic E-state index is 0.0930. The molecular formula is C16H12Cl2O3S. The fraction of sp³-hybridized carbons (Fsp3) is 0.125. The Labute approximate surface area is 142 Å². The van der Waals surface area contributed by atoms with Gasteiger partial charge in [-0.1, -0.05) is 23.2 Å². The first-order valence-electron chi connectivity index (χ1n) is 6.39. The normalized spacial score (nSPS) is 11.9. The molecule has 2 rings (SSSR count). The fourth-order valence-corrected chi connectivity index (χ4v) is 2.99. The highest BCUT2D eigenvalue weighted by Gasteiger charge is 2.23. The zero-order valence-corrected chi connectivity index (χ0v) is 13.7. The number of hydrogen-bond donors (Lipinski definition) is 1. The molecule has 22 heavy (non-hydrogen) atoms. The molecule has 0 saturated carbocycles. The number of carboxylic acid groups (broad SMARTS) is 1. The van der Waals surface area contributed by atoms with Crippen LogP contribution in [0.15, 0.2) is 53.4 Å². The third-order valence-corrected chi connectivity index (χ3v) is 4.61. The van der Waals surface area contributed by atoms with Crippen LogP contribution in [-0.4, -0.2) is 22.1 Å². The van der Waals surface area contributed by atoms with Crippen molar-refractivity contribution in [1.82, 2.24) is 0 Å². The molecule has 0 fully saturated rings. The van der Waals surface area contributed by atoms with Crippen LogP contribution < -0.4 is 0 Å². The Balaban J connectivity index is 2.08. The van der Waals surface area contributed by atoms with Gasteiger partial charge in [0.05, 0.1) is 0 Å². The number of hydrogen-bond acceptors (Lipinski definition) is 3. The van der Waals surface area contributed by atoms with Gasteiger partial charge in [-0.05, 0) is 48.5 Å². The highest BCUT2D eigenvalue weighted by atomic mass is 35.5. The summed E-state index contributed by atoms with van der Waals surface area (Å²) in [6, 6.07) is 13.2. The lowest BCUT2D eigenvalue weighted by molar-refractivity contribution is -0.136. The Morgan fingerprint density at radius 1 is 0.955 bits per heavy atom. The molecule has 0 bridgehead atoms. The molecule has 3 nitrogen and oxygen atoms in total. The molecule has 0 aromatic heterocycles. The molecule has 1 atom stereocenters. The summed E-state index contributed by atoms with van der Waals surface area (Å²) in [4.78, 5) is 24.3. The first kappa shape index (κ1) is 16.9. The molecule has 0 aliphatic rings. The van der Waals surface area contributed by atoms with E-state index in [1.807, 2.05) is 0 Å². The lowest BCUT2D eigenvalue weighted by atomic mass is 10.1. The van der Waals surface area contributed by atoms with Crippen LogP contribution in [0.25, 0.3) is 0 Å². The van der Waals surface area contributed by atoms with Crippen molar-refractivity contribution in [3.05, 3.63) is 64.1 Å². The van der Waals surface area contributed by atoms with Crippen LogP contribution in [0, 0.1) is 0 Å². The Kier molecular flexibility index (Phi) is 5.89. The molecule has 0 unspecified atom stereocenters. The molecule has 0 aliphatic heterocycles. The molecule has 1 N–H and O–H groups in total. The quantitative estimate of drug-likeness (QED) is 0.597. The standard InChI is InChI=1S/C16H12Cl2O3S/c17-11-3-1-10(2-4-11)14(19)9-15(16(20)21)22-13-7-5-12(18)6-8-13/h1-8,15H,9H2,(H,20,21)/t15-/m1/s1. The minimum Gasteiger partial charge on any atom is -0.480 e. The smallest absolute Gasteiger partial charge is 0.317 e. The number of Topliss-reactive ketones (excluding diaryl/α,β-unsaturated/α-hetero) is 1. The molecule has 2 aromatic carbocycles. The van der Waals surface area contributed by atoms with Gasteiger partial charge in [0.15, 0.2) is 5.78 Å². The molecule has 114 valence electrons. The van der Waals surface area contributed by atoms with Crippen molar-refractivity contribution in [2.45, 2.75) is 16.6 Å². The number of carboxylic acids is 1. The van der Waals surface area contributed by atoms with E-state index in [1.54, 1.807) is 48.5 Å². The van der Waals surface area contributed by atoms with Gasteiger partial charge in [-0.15, -0.1) is 11.8 Å². The third kappa shape index (κ3) is 4.77. The maximum atomic E-state index is 12.2. The van der Waals surface area contributed by atoms with Crippen LogP contribution in [-0.2, 0) is 4.79 Å². The van der Waals surface area contributed by atoms with Gasteiger partial charge in [0.25, 0.3) is 0 Å². The van der Waals surface area contributed by atoms with Crippen LogP contribution in [0.4, 0.5) is 0 Å². The van der Waals surface area contributed by atoms with Crippen molar-refractivity contribution in [3.63, 3.8) is 0 Å². The van der Waals surface area contributed by atoms with E-state index in [0.717, 1.165) is 16.7 Å². The van der Waals surface area contributed by atoms with Crippen molar-refractivity contribution in [2.24, 2.45) is 0 Å². The molecule has 2 aromatic rings. The average molecular weight is 355 g/mol. The van der Waals surface area contributed by atoms with Crippen molar-refractivity contribution >= 4 is 46.7 Å². The molecule has 0 radical (unpaired) electrons. The number of benzene rings is 2. The number of halogens is 2. The van der Waals surface area contributed by atoms with Gasteiger partial charge in [0, 0.05) is 26.9 Å². The van der Waals surface area contributed by atoms with Gasteiger partial charge in [0.1, 0.15) is 5.25 Å². The van der Waals surface area contributed by atoms with E-state index in [4.69, 9.17) is 23.2 Å². The van der Waals surface area contributed by atoms with Gasteiger partial charge >= 0.3 is 5.97 Å². The van der Waals surface area contributed by atoms with E-state index in [9.17, 15) is 14.7 Å². The molecule has 0 heterocycles. The largest absolute Gasteiger partial charge is 0.480 e. The number of carbonyl (C=O) groups is 2. The summed E-state index contributed by atoms with van der Waals surface area (Å²) in [6.07, 6.45) is -0.0930. The van der Waals surface area contributed by atoms with Crippen molar-refractivity contribution < 1.29 is 14.7 Å². The van der Waals surface area contributed by atoms with Crippen molar-refractivity contribution in [1.29, 1.82) is 0 Å². The maximum Gasteiger partial charge on any atom is 0.317 e. The summed E-state index contributed by atoms with van der Waals surface area (Å²) >= 11 is 12.7. The van der Waals surface area contributed by atoms with Gasteiger partial charge in [-0.3, -0.25) is 9.59 Å². The molecule has 0 aliphatic carbocycles. The number of aliphatic carboxylic acids is 1. The predicted octanol–water partition coefficient (Wildman–Crippen LogP) is 4.81. The molecule has 0 amide bonds. The second kappa shape index (κ2) is 7.68. The average Bonchev–Trinajstić information content (AvgIpc) is 2.49. The third-order valence-electron chi connectivity index (χ3n) is 2.90. The Bertz CT molecular complexity index is 669. The first-order valence-corrected chi connectivity index (χ1v) is 8.03. The lowest BCUT2D eigenvalue weighted by Crippen LogP contribution is -2.20. The van der Waals surface area contributed by atoms with E-state index in [2.05, 4.69) is 0 Å². The van der Waals surface area contributed by atoms with E-state index >= 15 is 0 Å². The molecule has 0 saturated heterocycles. The van der Waals surface area contributed by atoms with E-state index in [1.165, 1.54) is 0 Å². The van der Waals surface area contributed by atoms with Gasteiger partial charge in [-0.25, -0.2) is 0 Å². The number of carbonyl (C=O) groups excluding carboxylic acids is 1. The first-order chi connectivity index (χ1) is 10.5. The summed E-state index contributed by atoms with van der Waals surface area (Å²) in [5.74, 6) is -1.26. The number of rotatable bonds is 6. The van der Waals surface area contributed by atoms with Crippen molar-refractivity contribution in [3.8, 4) is 0 Å². The summed E-state index contributed by atoms with van der Waals surface area (Å²) in [5.41, 5.74) is 0.451. The highest BCUT2D eigenvalue weighted by molar-refractivity contribution is 8.00. The summed E-state index contributed by atoms with van der Waals surface area (Å²) in [6.45, 7) is 0. The van der Waals surface area contributed by atoms with Gasteiger partial charge in [0.2, 0.25) is 0 Å². The van der Waals surface area contributed by atoms with Crippen LogP contribution >= 0.6 is 35.0 Å². The molecule has 6 heteroatoms. The Hall–Kier alpha value is -1.49. The molecule has 0 spiro atoms. The zero-order valence-electron chi connectivity index (χ0n) is 11.3. The van der Waals surface area contributed by atoms with E-state index < -0.39 is 11.2 Å². The fourth-order valence-electron chi connectivity index (χ4n) is 1.78. The van der Waals surface area contributed by atoms with Crippen LogP contribution in [0.3, 0.4) is 0 Å². The highest BCUT2D eigenvalue weighted by Crippen LogP contribution is 2.28. The molecular weight excluding hydrogens is 343 g/mol. The van der Waals surface area contributed by atoms with E-state index in [-0.39, 0.29) is 12.2 Å². The summed E-state index contributed by atoms with van der Waals surface area (Å²) in [5, 5.41) is 9.56. The van der Waals surface area contributed by atoms with Crippen LogP contribution in [0.2, 0.25) is 10.0 Å². The van der Waals surface area contributed by atoms with Crippen molar-refractivity contribution in [2.75, 3.05) is 0 Å². The Morgan fingerprint density at radius 2 is 1.45 bits per heavy atom. The maximum absolute atomic E-state index is 12.2. The SMILES string of the molecule is O=C(C[C@@H](Sc1ccc(Cl)cc1)C(=O)O)c1ccc(Cl)cc1. The second-order valence-corrected chi connectivity index (χ2v) is 6.68. The predicted molar refractivity (Wildman–Crippen MR) is 89.1 cm³/mol. The van der Waals surface area contributed by atoms with Crippen LogP contribution in [0.5, 0.6) is 0 Å². The zero-order chi connectivity index (χ0) is 16.1.